The van der Waals surface area contributed by atoms with Gasteiger partial charge in [-0.1, -0.05) is 35.5 Å². The minimum Gasteiger partial charge on any atom is -0.470 e. The summed E-state index contributed by atoms with van der Waals surface area (Å²) < 4.78 is 278. The Morgan fingerprint density at radius 1 is 0.636 bits per heavy atom. The van der Waals surface area contributed by atoms with Crippen molar-refractivity contribution in [3.63, 3.8) is 0 Å². The van der Waals surface area contributed by atoms with Gasteiger partial charge in [0.25, 0.3) is 0 Å². The second-order valence-corrected chi connectivity index (χ2v) is 11.4. The zero-order chi connectivity index (χ0) is 42.0. The third kappa shape index (κ3) is 7.12. The Morgan fingerprint density at radius 3 is 1.69 bits per heavy atom. The standard InChI is InChI=1S/C28H16F20N6O/c1-12-49-18-17(15(21(31,32)33)9-16(51-18)13-5-3-2-4-6-13)19(50-12)55-11-14-10-54(53-52-14)8-7-20(29,30)22(34,35)23(36,37)24(38,39)25(40,41)26(42,43)27(44,45)28(46,47)48/h2-6,9-10H,7-8,11H2,1H3. The van der Waals surface area contributed by atoms with E-state index in [1.165, 1.54) is 31.2 Å². The molecular weight excluding hydrogens is 816 g/mol. The minimum atomic E-state index is -8.75. The normalized spacial score (nSPS) is 14.5. The molecule has 0 atom stereocenters. The van der Waals surface area contributed by atoms with Crippen LogP contribution in [0.1, 0.15) is 23.5 Å². The van der Waals surface area contributed by atoms with Gasteiger partial charge in [0.2, 0.25) is 5.88 Å². The van der Waals surface area contributed by atoms with Crippen molar-refractivity contribution < 1.29 is 92.5 Å². The maximum absolute atomic E-state index is 14.3. The molecule has 0 aliphatic rings. The Kier molecular flexibility index (Phi) is 10.5. The maximum Gasteiger partial charge on any atom is 0.460 e. The van der Waals surface area contributed by atoms with Crippen molar-refractivity contribution in [1.29, 1.82) is 0 Å². The molecule has 1 aromatic carbocycles. The molecule has 0 bridgehead atoms. The summed E-state index contributed by atoms with van der Waals surface area (Å²) >= 11 is 0. The second-order valence-electron chi connectivity index (χ2n) is 11.4. The van der Waals surface area contributed by atoms with Crippen molar-refractivity contribution in [2.75, 3.05) is 0 Å². The van der Waals surface area contributed by atoms with Crippen LogP contribution in [0.4, 0.5) is 87.8 Å². The van der Waals surface area contributed by atoms with E-state index >= 15 is 0 Å². The largest absolute Gasteiger partial charge is 0.470 e. The molecule has 4 aromatic rings. The van der Waals surface area contributed by atoms with Gasteiger partial charge in [-0.25, -0.2) is 9.97 Å². The Bertz CT molecular complexity index is 2010. The first-order valence-electron chi connectivity index (χ1n) is 14.3. The van der Waals surface area contributed by atoms with Crippen LogP contribution in [-0.4, -0.2) is 77.6 Å². The number of ether oxygens (including phenoxy) is 1. The van der Waals surface area contributed by atoms with Crippen molar-refractivity contribution in [2.45, 2.75) is 80.3 Å². The number of pyridine rings is 1. The molecule has 0 spiro atoms. The number of hydrogen-bond donors (Lipinski definition) is 0. The Balaban J connectivity index is 1.56. The topological polar surface area (TPSA) is 78.6 Å². The second kappa shape index (κ2) is 13.5. The van der Waals surface area contributed by atoms with Gasteiger partial charge >= 0.3 is 53.8 Å². The van der Waals surface area contributed by atoms with Crippen LogP contribution < -0.4 is 4.74 Å². The van der Waals surface area contributed by atoms with Crippen LogP contribution in [0.25, 0.3) is 22.3 Å². The van der Waals surface area contributed by atoms with Gasteiger partial charge in [0.05, 0.1) is 22.8 Å². The molecule has 4 rings (SSSR count). The SMILES string of the molecule is Cc1nc(OCc2cn(CCC(F)(F)C(F)(F)C(F)(F)C(F)(F)C(F)(F)C(F)(F)C(F)(F)C(F)(F)F)nn2)c2c(C(F)(F)F)cc(-c3ccccc3)nc2n1. The average Bonchev–Trinajstić information content (AvgIpc) is 3.52. The number of aromatic nitrogens is 6. The molecule has 3 aromatic heterocycles. The summed E-state index contributed by atoms with van der Waals surface area (Å²) in [5, 5.41) is 5.54. The van der Waals surface area contributed by atoms with Crippen molar-refractivity contribution in [2.24, 2.45) is 0 Å². The van der Waals surface area contributed by atoms with Crippen molar-refractivity contribution in [3.8, 4) is 17.1 Å². The number of hydrogen-bond acceptors (Lipinski definition) is 6. The fourth-order valence-electron chi connectivity index (χ4n) is 4.55. The Morgan fingerprint density at radius 2 is 1.16 bits per heavy atom. The number of aryl methyl sites for hydroxylation is 2. The van der Waals surface area contributed by atoms with E-state index < -0.39 is 102 Å². The van der Waals surface area contributed by atoms with Crippen LogP contribution in [-0.2, 0) is 19.3 Å². The molecule has 0 unspecified atom stereocenters. The lowest BCUT2D eigenvalue weighted by Crippen LogP contribution is -2.74. The fourth-order valence-corrected chi connectivity index (χ4v) is 4.55. The van der Waals surface area contributed by atoms with Crippen molar-refractivity contribution >= 4 is 11.0 Å². The van der Waals surface area contributed by atoms with Gasteiger partial charge in [0, 0.05) is 18.5 Å². The van der Waals surface area contributed by atoms with E-state index in [4.69, 9.17) is 4.74 Å². The van der Waals surface area contributed by atoms with Gasteiger partial charge in [-0.3, -0.25) is 4.68 Å². The lowest BCUT2D eigenvalue weighted by molar-refractivity contribution is -0.461. The number of halogens is 20. The first-order chi connectivity index (χ1) is 24.7. The number of benzene rings is 1. The summed E-state index contributed by atoms with van der Waals surface area (Å²) in [6.45, 7) is -1.55. The molecular formula is C28H16F20N6O. The molecule has 0 aliphatic carbocycles. The van der Waals surface area contributed by atoms with E-state index in [1.54, 1.807) is 6.07 Å². The molecule has 3 heterocycles. The highest BCUT2D eigenvalue weighted by Crippen LogP contribution is 2.64. The molecule has 0 radical (unpaired) electrons. The van der Waals surface area contributed by atoms with Crippen LogP contribution in [0.5, 0.6) is 5.88 Å². The van der Waals surface area contributed by atoms with Gasteiger partial charge in [-0.2, -0.15) is 92.8 Å². The lowest BCUT2D eigenvalue weighted by Gasteiger charge is -2.42. The average molecular weight is 832 g/mol. The zero-order valence-electron chi connectivity index (χ0n) is 26.3. The van der Waals surface area contributed by atoms with Gasteiger partial charge in [0.1, 0.15) is 18.1 Å². The molecule has 0 amide bonds. The van der Waals surface area contributed by atoms with Crippen LogP contribution >= 0.6 is 0 Å². The Hall–Kier alpha value is -4.75. The summed E-state index contributed by atoms with van der Waals surface area (Å²) in [6.07, 6.45) is -15.3. The lowest BCUT2D eigenvalue weighted by atomic mass is 9.88. The summed E-state index contributed by atoms with van der Waals surface area (Å²) in [6, 6.07) is 8.09. The predicted octanol–water partition coefficient (Wildman–Crippen LogP) is 9.59. The number of fused-ring (bicyclic) bond motifs is 1. The van der Waals surface area contributed by atoms with Gasteiger partial charge < -0.3 is 4.74 Å². The molecule has 0 N–H and O–H groups in total. The molecule has 0 fully saturated rings. The first-order valence-corrected chi connectivity index (χ1v) is 14.3. The smallest absolute Gasteiger partial charge is 0.460 e. The third-order valence-corrected chi connectivity index (χ3v) is 7.51. The highest BCUT2D eigenvalue weighted by atomic mass is 19.4. The summed E-state index contributed by atoms with van der Waals surface area (Å²) in [7, 11) is 0. The van der Waals surface area contributed by atoms with E-state index in [0.29, 0.717) is 12.3 Å². The van der Waals surface area contributed by atoms with E-state index in [9.17, 15) is 87.8 Å². The van der Waals surface area contributed by atoms with Crippen LogP contribution in [0, 0.1) is 6.92 Å². The predicted molar refractivity (Wildman–Crippen MR) is 142 cm³/mol. The number of rotatable bonds is 13. The fraction of sp³-hybridized carbons (Fsp3) is 0.464. The third-order valence-electron chi connectivity index (χ3n) is 7.51. The monoisotopic (exact) mass is 832 g/mol. The maximum atomic E-state index is 14.3. The molecule has 304 valence electrons. The molecule has 0 aliphatic heterocycles. The van der Waals surface area contributed by atoms with Gasteiger partial charge in [-0.15, -0.1) is 5.10 Å². The van der Waals surface area contributed by atoms with Crippen LogP contribution in [0.2, 0.25) is 0 Å². The molecule has 0 saturated heterocycles. The van der Waals surface area contributed by atoms with Gasteiger partial charge in [-0.05, 0) is 13.0 Å². The molecule has 7 nitrogen and oxygen atoms in total. The zero-order valence-corrected chi connectivity index (χ0v) is 26.3. The molecule has 27 heteroatoms. The number of alkyl halides is 20. The highest BCUT2D eigenvalue weighted by Gasteiger charge is 2.95. The van der Waals surface area contributed by atoms with E-state index in [1.807, 2.05) is 0 Å². The first kappa shape index (κ1) is 43.0. The quantitative estimate of drug-likeness (QED) is 0.125. The van der Waals surface area contributed by atoms with Crippen molar-refractivity contribution in [3.05, 3.63) is 59.7 Å². The summed E-state index contributed by atoms with van der Waals surface area (Å²) in [4.78, 5) is 11.7. The molecule has 0 saturated carbocycles. The minimum absolute atomic E-state index is 0.0593. The summed E-state index contributed by atoms with van der Waals surface area (Å²) in [5.74, 6) is -58.3. The molecule has 55 heavy (non-hydrogen) atoms. The van der Waals surface area contributed by atoms with Crippen molar-refractivity contribution in [1.82, 2.24) is 29.9 Å². The van der Waals surface area contributed by atoms with E-state index in [-0.39, 0.29) is 21.8 Å². The number of nitrogens with zero attached hydrogens (tertiary/aromatic N) is 6. The van der Waals surface area contributed by atoms with E-state index in [2.05, 4.69) is 25.3 Å². The van der Waals surface area contributed by atoms with Crippen LogP contribution in [0.15, 0.2) is 42.6 Å². The highest BCUT2D eigenvalue weighted by molar-refractivity contribution is 5.87. The van der Waals surface area contributed by atoms with E-state index in [0.717, 1.165) is 0 Å². The Labute approximate surface area is 291 Å². The summed E-state index contributed by atoms with van der Waals surface area (Å²) in [5.41, 5.74) is -2.37. The van der Waals surface area contributed by atoms with Gasteiger partial charge in [0.15, 0.2) is 5.65 Å². The van der Waals surface area contributed by atoms with Crippen LogP contribution in [0.3, 0.4) is 0 Å².